The molecule has 1 heterocycles. The summed E-state index contributed by atoms with van der Waals surface area (Å²) in [5.74, 6) is 0.0827. The number of hydrogen-bond acceptors (Lipinski definition) is 3. The normalized spacial score (nSPS) is 11.7. The number of carbonyl (C=O) groups excluding carboxylic acids is 1. The first-order valence-electron chi connectivity index (χ1n) is 9.14. The SMILES string of the molecule is O=C1c2ccccc2Cc2c(Cl)cccc21.O=c1[nH]nccc1-c1ccccc1. The molecule has 0 unspecified atom stereocenters. The molecule has 0 bridgehead atoms. The van der Waals surface area contributed by atoms with Crippen LogP contribution in [-0.4, -0.2) is 16.0 Å². The zero-order valence-electron chi connectivity index (χ0n) is 15.4. The fraction of sp³-hybridized carbons (Fsp3) is 0.0417. The van der Waals surface area contributed by atoms with E-state index in [-0.39, 0.29) is 11.3 Å². The highest BCUT2D eigenvalue weighted by Crippen LogP contribution is 2.31. The summed E-state index contributed by atoms with van der Waals surface area (Å²) >= 11 is 6.12. The highest BCUT2D eigenvalue weighted by molar-refractivity contribution is 6.32. The lowest BCUT2D eigenvalue weighted by Crippen LogP contribution is -2.15. The summed E-state index contributed by atoms with van der Waals surface area (Å²) in [6, 6.07) is 24.4. The van der Waals surface area contributed by atoms with Crippen LogP contribution >= 0.6 is 11.6 Å². The third kappa shape index (κ3) is 3.89. The van der Waals surface area contributed by atoms with Crippen LogP contribution in [-0.2, 0) is 6.42 Å². The Morgan fingerprint density at radius 1 is 0.759 bits per heavy atom. The molecule has 29 heavy (non-hydrogen) atoms. The zero-order chi connectivity index (χ0) is 20.2. The van der Waals surface area contributed by atoms with Crippen LogP contribution in [0.4, 0.5) is 0 Å². The molecule has 3 aromatic carbocycles. The Kier molecular flexibility index (Phi) is 5.36. The molecular weight excluding hydrogens is 384 g/mol. The van der Waals surface area contributed by atoms with E-state index in [0.29, 0.717) is 10.6 Å². The molecule has 0 amide bonds. The van der Waals surface area contributed by atoms with E-state index in [1.54, 1.807) is 12.3 Å². The van der Waals surface area contributed by atoms with E-state index >= 15 is 0 Å². The summed E-state index contributed by atoms with van der Waals surface area (Å²) in [5.41, 5.74) is 4.96. The lowest BCUT2D eigenvalue weighted by atomic mass is 9.85. The second kappa shape index (κ2) is 8.25. The molecule has 1 N–H and O–H groups in total. The summed E-state index contributed by atoms with van der Waals surface area (Å²) in [6.45, 7) is 0. The molecule has 0 fully saturated rings. The Bertz CT molecular complexity index is 1230. The van der Waals surface area contributed by atoms with Crippen LogP contribution in [0.5, 0.6) is 0 Å². The van der Waals surface area contributed by atoms with Crippen LogP contribution in [0.15, 0.2) is 89.9 Å². The van der Waals surface area contributed by atoms with E-state index in [1.807, 2.05) is 72.8 Å². The Labute approximate surface area is 172 Å². The van der Waals surface area contributed by atoms with Gasteiger partial charge in [0.25, 0.3) is 5.56 Å². The van der Waals surface area contributed by atoms with Crippen molar-refractivity contribution in [3.63, 3.8) is 0 Å². The first-order chi connectivity index (χ1) is 14.1. The highest BCUT2D eigenvalue weighted by atomic mass is 35.5. The summed E-state index contributed by atoms with van der Waals surface area (Å²) in [4.78, 5) is 23.5. The number of carbonyl (C=O) groups is 1. The fourth-order valence-corrected chi connectivity index (χ4v) is 3.61. The molecule has 4 nitrogen and oxygen atoms in total. The van der Waals surface area contributed by atoms with Gasteiger partial charge in [-0.25, -0.2) is 5.10 Å². The Balaban J connectivity index is 0.000000145. The number of aromatic nitrogens is 2. The predicted molar refractivity (Wildman–Crippen MR) is 114 cm³/mol. The topological polar surface area (TPSA) is 62.8 Å². The molecule has 1 aliphatic carbocycles. The Morgan fingerprint density at radius 3 is 2.28 bits per heavy atom. The average molecular weight is 401 g/mol. The number of nitrogens with one attached hydrogen (secondary N) is 1. The lowest BCUT2D eigenvalue weighted by molar-refractivity contribution is 0.103. The quantitative estimate of drug-likeness (QED) is 0.434. The molecule has 0 saturated heterocycles. The molecule has 0 spiro atoms. The number of nitrogens with zero attached hydrogens (tertiary/aromatic N) is 1. The Hall–Kier alpha value is -3.50. The fourth-order valence-electron chi connectivity index (χ4n) is 3.37. The van der Waals surface area contributed by atoms with Gasteiger partial charge in [-0.2, -0.15) is 5.10 Å². The van der Waals surface area contributed by atoms with Crippen molar-refractivity contribution < 1.29 is 4.79 Å². The van der Waals surface area contributed by atoms with Crippen LogP contribution in [0.25, 0.3) is 11.1 Å². The van der Waals surface area contributed by atoms with Crippen molar-refractivity contribution in [2.45, 2.75) is 6.42 Å². The van der Waals surface area contributed by atoms with Gasteiger partial charge in [0, 0.05) is 34.3 Å². The molecule has 5 heteroatoms. The Morgan fingerprint density at radius 2 is 1.48 bits per heavy atom. The smallest absolute Gasteiger partial charge is 0.272 e. The van der Waals surface area contributed by atoms with Crippen molar-refractivity contribution in [3.8, 4) is 11.1 Å². The summed E-state index contributed by atoms with van der Waals surface area (Å²) in [7, 11) is 0. The van der Waals surface area contributed by atoms with Gasteiger partial charge in [-0.05, 0) is 28.8 Å². The van der Waals surface area contributed by atoms with Gasteiger partial charge < -0.3 is 0 Å². The van der Waals surface area contributed by atoms with Gasteiger partial charge in [-0.15, -0.1) is 0 Å². The molecule has 0 radical (unpaired) electrons. The van der Waals surface area contributed by atoms with Gasteiger partial charge in [-0.1, -0.05) is 78.3 Å². The minimum absolute atomic E-state index is 0.0827. The minimum Gasteiger partial charge on any atom is -0.289 e. The third-order valence-corrected chi connectivity index (χ3v) is 5.16. The van der Waals surface area contributed by atoms with E-state index in [2.05, 4.69) is 10.2 Å². The number of benzene rings is 3. The van der Waals surface area contributed by atoms with Gasteiger partial charge in [0.05, 0.1) is 0 Å². The maximum Gasteiger partial charge on any atom is 0.272 e. The van der Waals surface area contributed by atoms with Crippen molar-refractivity contribution in [1.29, 1.82) is 0 Å². The molecule has 1 aromatic heterocycles. The number of H-pyrrole nitrogens is 1. The molecule has 0 atom stereocenters. The highest BCUT2D eigenvalue weighted by Gasteiger charge is 2.23. The second-order valence-corrected chi connectivity index (χ2v) is 7.00. The van der Waals surface area contributed by atoms with Gasteiger partial charge in [0.1, 0.15) is 0 Å². The number of rotatable bonds is 1. The number of halogens is 1. The molecule has 0 saturated carbocycles. The molecule has 5 rings (SSSR count). The molecular formula is C24H17ClN2O2. The zero-order valence-corrected chi connectivity index (χ0v) is 16.2. The maximum absolute atomic E-state index is 12.2. The average Bonchev–Trinajstić information content (AvgIpc) is 2.76. The van der Waals surface area contributed by atoms with E-state index in [4.69, 9.17) is 11.6 Å². The lowest BCUT2D eigenvalue weighted by Gasteiger charge is -2.18. The molecule has 142 valence electrons. The van der Waals surface area contributed by atoms with E-state index in [0.717, 1.165) is 34.2 Å². The molecule has 4 aromatic rings. The van der Waals surface area contributed by atoms with Crippen molar-refractivity contribution in [1.82, 2.24) is 10.2 Å². The van der Waals surface area contributed by atoms with Crippen LogP contribution in [0.2, 0.25) is 5.02 Å². The number of ketones is 1. The second-order valence-electron chi connectivity index (χ2n) is 6.59. The first kappa shape index (κ1) is 18.8. The summed E-state index contributed by atoms with van der Waals surface area (Å²) < 4.78 is 0. The first-order valence-corrected chi connectivity index (χ1v) is 9.52. The largest absolute Gasteiger partial charge is 0.289 e. The van der Waals surface area contributed by atoms with Crippen LogP contribution in [0.3, 0.4) is 0 Å². The van der Waals surface area contributed by atoms with Crippen LogP contribution in [0, 0.1) is 0 Å². The van der Waals surface area contributed by atoms with Crippen molar-refractivity contribution >= 4 is 17.4 Å². The van der Waals surface area contributed by atoms with Crippen molar-refractivity contribution in [2.24, 2.45) is 0 Å². The van der Waals surface area contributed by atoms with E-state index in [9.17, 15) is 9.59 Å². The van der Waals surface area contributed by atoms with Crippen LogP contribution in [0.1, 0.15) is 27.0 Å². The van der Waals surface area contributed by atoms with Gasteiger partial charge >= 0.3 is 0 Å². The predicted octanol–water partition coefficient (Wildman–Crippen LogP) is 4.91. The standard InChI is InChI=1S/C14H9ClO.C10H8N2O/c15-13-7-3-6-11-12(13)8-9-4-1-2-5-10(9)14(11)16;13-10-9(6-7-11-12-10)8-4-2-1-3-5-8/h1-7H,8H2;1-7H,(H,12,13). The maximum atomic E-state index is 12.2. The number of fused-ring (bicyclic) bond motifs is 2. The molecule has 1 aliphatic rings. The number of hydrogen-bond donors (Lipinski definition) is 1. The monoisotopic (exact) mass is 400 g/mol. The van der Waals surface area contributed by atoms with Crippen molar-refractivity contribution in [2.75, 3.05) is 0 Å². The minimum atomic E-state index is -0.159. The third-order valence-electron chi connectivity index (χ3n) is 4.80. The van der Waals surface area contributed by atoms with Crippen molar-refractivity contribution in [3.05, 3.63) is 123 Å². The summed E-state index contributed by atoms with van der Waals surface area (Å²) in [6.07, 6.45) is 2.32. The molecule has 0 aliphatic heterocycles. The number of aromatic amines is 1. The van der Waals surface area contributed by atoms with Crippen LogP contribution < -0.4 is 5.56 Å². The van der Waals surface area contributed by atoms with E-state index < -0.39 is 0 Å². The van der Waals surface area contributed by atoms with Gasteiger partial charge in [-0.3, -0.25) is 9.59 Å². The van der Waals surface area contributed by atoms with Gasteiger partial charge in [0.2, 0.25) is 0 Å². The van der Waals surface area contributed by atoms with E-state index in [1.165, 1.54) is 0 Å². The van der Waals surface area contributed by atoms with Gasteiger partial charge in [0.15, 0.2) is 5.78 Å². The summed E-state index contributed by atoms with van der Waals surface area (Å²) in [5, 5.41) is 6.71.